The van der Waals surface area contributed by atoms with Crippen molar-refractivity contribution in [1.29, 1.82) is 0 Å². The maximum absolute atomic E-state index is 13.0. The highest BCUT2D eigenvalue weighted by molar-refractivity contribution is 5.67. The van der Waals surface area contributed by atoms with Gasteiger partial charge in [-0.25, -0.2) is 0 Å². The molecule has 0 bridgehead atoms. The molecule has 1 N–H and O–H groups in total. The highest BCUT2D eigenvalue weighted by Gasteiger charge is 2.37. The van der Waals surface area contributed by atoms with Crippen LogP contribution in [-0.4, -0.2) is 34.7 Å². The van der Waals surface area contributed by atoms with Gasteiger partial charge < -0.3 is 5.11 Å². The molecule has 2 aliphatic rings. The predicted molar refractivity (Wildman–Crippen MR) is 111 cm³/mol. The Kier molecular flexibility index (Phi) is 7.06. The Morgan fingerprint density at radius 1 is 1.23 bits per heavy atom. The molecule has 3 rings (SSSR count). The number of benzene rings is 1. The van der Waals surface area contributed by atoms with Crippen molar-refractivity contribution in [2.45, 2.75) is 64.2 Å². The van der Waals surface area contributed by atoms with E-state index >= 15 is 0 Å². The number of aliphatic carboxylic acids is 1. The third kappa shape index (κ3) is 5.75. The number of piperidine rings is 1. The summed E-state index contributed by atoms with van der Waals surface area (Å²) >= 11 is 0. The maximum atomic E-state index is 13.0. The van der Waals surface area contributed by atoms with Gasteiger partial charge in [0.15, 0.2) is 0 Å². The fourth-order valence-corrected chi connectivity index (χ4v) is 4.57. The number of alkyl halides is 3. The van der Waals surface area contributed by atoms with Crippen LogP contribution in [0.1, 0.15) is 56.6 Å². The normalized spacial score (nSPS) is 25.4. The van der Waals surface area contributed by atoms with Crippen molar-refractivity contribution in [3.05, 3.63) is 59.2 Å². The van der Waals surface area contributed by atoms with Gasteiger partial charge >= 0.3 is 12.1 Å². The first kappa shape index (κ1) is 22.6. The van der Waals surface area contributed by atoms with Gasteiger partial charge in [-0.15, -0.1) is 0 Å². The first-order valence-corrected chi connectivity index (χ1v) is 10.6. The number of hydrogen-bond acceptors (Lipinski definition) is 2. The molecule has 1 aliphatic heterocycles. The summed E-state index contributed by atoms with van der Waals surface area (Å²) in [7, 11) is 0. The molecule has 1 aromatic rings. The average Bonchev–Trinajstić information content (AvgIpc) is 2.68. The Bertz CT molecular complexity index is 796. The molecule has 1 aromatic carbocycles. The quantitative estimate of drug-likeness (QED) is 0.619. The fraction of sp³-hybridized carbons (Fsp3) is 0.542. The average molecular weight is 422 g/mol. The smallest absolute Gasteiger partial charge is 0.416 e. The van der Waals surface area contributed by atoms with Crippen molar-refractivity contribution in [2.75, 3.05) is 6.54 Å². The zero-order chi connectivity index (χ0) is 21.9. The van der Waals surface area contributed by atoms with Crippen LogP contribution in [0.4, 0.5) is 13.2 Å². The second kappa shape index (κ2) is 9.38. The van der Waals surface area contributed by atoms with Crippen LogP contribution in [0.3, 0.4) is 0 Å². The minimum Gasteiger partial charge on any atom is -0.481 e. The summed E-state index contributed by atoms with van der Waals surface area (Å²) in [5, 5.41) is 9.20. The van der Waals surface area contributed by atoms with Crippen molar-refractivity contribution in [3.63, 3.8) is 0 Å². The van der Waals surface area contributed by atoms with E-state index in [0.29, 0.717) is 18.8 Å². The fourth-order valence-electron chi connectivity index (χ4n) is 4.57. The molecule has 3 atom stereocenters. The number of likely N-dealkylation sites (tertiary alicyclic amines) is 1. The SMILES string of the molecule is CC(C)c1ccc(CN2CC[C@H](CC(=O)O)C[C@@H]2C2C=CC(C(F)(F)F)=CC2)cc1. The summed E-state index contributed by atoms with van der Waals surface area (Å²) in [4.78, 5) is 13.5. The lowest BCUT2D eigenvalue weighted by atomic mass is 9.79. The number of rotatable bonds is 6. The zero-order valence-electron chi connectivity index (χ0n) is 17.5. The molecule has 1 unspecified atom stereocenters. The molecule has 3 nitrogen and oxygen atoms in total. The standard InChI is InChI=1S/C24H30F3NO2/c1-16(2)19-5-3-17(4-6-19)15-28-12-11-18(14-23(29)30)13-22(28)20-7-9-21(10-8-20)24(25,26)27/h3-7,9-10,16,18,20,22H,8,11-15H2,1-2H3,(H,29,30)/t18-,20?,22+/m0/s1. The van der Waals surface area contributed by atoms with Gasteiger partial charge in [0.25, 0.3) is 0 Å². The summed E-state index contributed by atoms with van der Waals surface area (Å²) in [6, 6.07) is 8.54. The first-order valence-electron chi connectivity index (χ1n) is 10.6. The number of carbonyl (C=O) groups is 1. The third-order valence-corrected chi connectivity index (χ3v) is 6.32. The van der Waals surface area contributed by atoms with Gasteiger partial charge in [-0.2, -0.15) is 13.2 Å². The lowest BCUT2D eigenvalue weighted by Crippen LogP contribution is -2.46. The maximum Gasteiger partial charge on any atom is 0.416 e. The van der Waals surface area contributed by atoms with E-state index in [2.05, 4.69) is 43.0 Å². The van der Waals surface area contributed by atoms with Crippen molar-refractivity contribution in [2.24, 2.45) is 11.8 Å². The topological polar surface area (TPSA) is 40.5 Å². The molecule has 1 fully saturated rings. The summed E-state index contributed by atoms with van der Waals surface area (Å²) in [6.45, 7) is 5.78. The molecule has 1 saturated heterocycles. The second-order valence-electron chi connectivity index (χ2n) is 8.84. The number of allylic oxidation sites excluding steroid dienone is 3. The van der Waals surface area contributed by atoms with Crippen molar-refractivity contribution >= 4 is 5.97 Å². The Balaban J connectivity index is 1.75. The molecule has 164 valence electrons. The van der Waals surface area contributed by atoms with E-state index in [1.165, 1.54) is 23.3 Å². The Hall–Kier alpha value is -2.08. The third-order valence-electron chi connectivity index (χ3n) is 6.32. The first-order chi connectivity index (χ1) is 14.1. The van der Waals surface area contributed by atoms with Crippen LogP contribution in [0.15, 0.2) is 48.1 Å². The Labute approximate surface area is 176 Å². The van der Waals surface area contributed by atoms with E-state index in [0.717, 1.165) is 19.5 Å². The van der Waals surface area contributed by atoms with Gasteiger partial charge in [-0.1, -0.05) is 56.3 Å². The number of hydrogen-bond donors (Lipinski definition) is 1. The molecular weight excluding hydrogens is 391 g/mol. The van der Waals surface area contributed by atoms with Crippen LogP contribution < -0.4 is 0 Å². The molecule has 1 heterocycles. The Morgan fingerprint density at radius 3 is 2.47 bits per heavy atom. The van der Waals surface area contributed by atoms with Crippen molar-refractivity contribution in [1.82, 2.24) is 4.90 Å². The van der Waals surface area contributed by atoms with Gasteiger partial charge in [0.05, 0.1) is 5.57 Å². The van der Waals surface area contributed by atoms with Crippen LogP contribution >= 0.6 is 0 Å². The molecule has 30 heavy (non-hydrogen) atoms. The molecular formula is C24H30F3NO2. The summed E-state index contributed by atoms with van der Waals surface area (Å²) in [5.74, 6) is -0.327. The van der Waals surface area contributed by atoms with Crippen LogP contribution in [0, 0.1) is 11.8 Å². The van der Waals surface area contributed by atoms with Gasteiger partial charge in [0.1, 0.15) is 0 Å². The molecule has 0 spiro atoms. The van der Waals surface area contributed by atoms with E-state index in [-0.39, 0.29) is 24.3 Å². The van der Waals surface area contributed by atoms with Crippen LogP contribution in [0.25, 0.3) is 0 Å². The molecule has 1 aliphatic carbocycles. The van der Waals surface area contributed by atoms with Gasteiger partial charge in [-0.3, -0.25) is 9.69 Å². The highest BCUT2D eigenvalue weighted by atomic mass is 19.4. The highest BCUT2D eigenvalue weighted by Crippen LogP contribution is 2.37. The van der Waals surface area contributed by atoms with E-state index in [4.69, 9.17) is 0 Å². The van der Waals surface area contributed by atoms with E-state index < -0.39 is 17.7 Å². The number of nitrogens with zero attached hydrogens (tertiary/aromatic N) is 1. The molecule has 0 saturated carbocycles. The van der Waals surface area contributed by atoms with Gasteiger partial charge in [0, 0.05) is 19.0 Å². The summed E-state index contributed by atoms with van der Waals surface area (Å²) in [6.07, 6.45) is 1.76. The van der Waals surface area contributed by atoms with Crippen molar-refractivity contribution < 1.29 is 23.1 Å². The number of halogens is 3. The lowest BCUT2D eigenvalue weighted by molar-refractivity contribution is -0.138. The zero-order valence-corrected chi connectivity index (χ0v) is 17.5. The predicted octanol–water partition coefficient (Wildman–Crippen LogP) is 5.93. The van der Waals surface area contributed by atoms with Crippen LogP contribution in [-0.2, 0) is 11.3 Å². The second-order valence-corrected chi connectivity index (χ2v) is 8.84. The van der Waals surface area contributed by atoms with E-state index in [1.807, 2.05) is 0 Å². The van der Waals surface area contributed by atoms with Gasteiger partial charge in [0.2, 0.25) is 0 Å². The summed E-state index contributed by atoms with van der Waals surface area (Å²) in [5.41, 5.74) is 1.86. The minimum absolute atomic E-state index is 0.0372. The monoisotopic (exact) mass is 421 g/mol. The molecule has 0 radical (unpaired) electrons. The van der Waals surface area contributed by atoms with Crippen LogP contribution in [0.2, 0.25) is 0 Å². The van der Waals surface area contributed by atoms with E-state index in [1.54, 1.807) is 6.08 Å². The summed E-state index contributed by atoms with van der Waals surface area (Å²) < 4.78 is 38.9. The van der Waals surface area contributed by atoms with Crippen molar-refractivity contribution in [3.8, 4) is 0 Å². The Morgan fingerprint density at radius 2 is 1.93 bits per heavy atom. The van der Waals surface area contributed by atoms with Gasteiger partial charge in [-0.05, 0) is 54.7 Å². The van der Waals surface area contributed by atoms with E-state index in [9.17, 15) is 23.1 Å². The van der Waals surface area contributed by atoms with Crippen LogP contribution in [0.5, 0.6) is 0 Å². The molecule has 6 heteroatoms. The number of carboxylic acid groups (broad SMARTS) is 1. The molecule has 0 amide bonds. The number of carboxylic acids is 1. The lowest BCUT2D eigenvalue weighted by Gasteiger charge is -2.43. The minimum atomic E-state index is -4.32. The molecule has 0 aromatic heterocycles. The largest absolute Gasteiger partial charge is 0.481 e.